The summed E-state index contributed by atoms with van der Waals surface area (Å²) in [5, 5.41) is 6.77. The fraction of sp³-hybridized carbons (Fsp3) is 0.667. The van der Waals surface area contributed by atoms with E-state index in [0.717, 1.165) is 56.5 Å². The van der Waals surface area contributed by atoms with Crippen LogP contribution in [0.4, 0.5) is 13.2 Å². The van der Waals surface area contributed by atoms with Gasteiger partial charge in [-0.05, 0) is 63.4 Å². The average Bonchev–Trinajstić information content (AvgIpc) is 2.64. The highest BCUT2D eigenvalue weighted by molar-refractivity contribution is 14.0. The lowest BCUT2D eigenvalue weighted by molar-refractivity contribution is -0.137. The van der Waals surface area contributed by atoms with Gasteiger partial charge in [-0.2, -0.15) is 13.2 Å². The number of halogens is 4. The van der Waals surface area contributed by atoms with Crippen LogP contribution in [0.25, 0.3) is 0 Å². The van der Waals surface area contributed by atoms with Gasteiger partial charge in [0.25, 0.3) is 0 Å². The second-order valence-corrected chi connectivity index (χ2v) is 8.27. The number of hydrogen-bond acceptors (Lipinski definition) is 2. The van der Waals surface area contributed by atoms with Crippen LogP contribution in [0.2, 0.25) is 0 Å². The topological polar surface area (TPSA) is 39.7 Å². The molecule has 29 heavy (non-hydrogen) atoms. The summed E-state index contributed by atoms with van der Waals surface area (Å²) in [5.41, 5.74) is -0.0419. The van der Waals surface area contributed by atoms with Crippen LogP contribution >= 0.6 is 24.0 Å². The van der Waals surface area contributed by atoms with Gasteiger partial charge in [0.2, 0.25) is 0 Å². The Bertz CT molecular complexity index is 681. The van der Waals surface area contributed by atoms with E-state index in [4.69, 9.17) is 0 Å². The summed E-state index contributed by atoms with van der Waals surface area (Å²) in [7, 11) is 3.89. The molecule has 0 radical (unpaired) electrons. The van der Waals surface area contributed by atoms with Gasteiger partial charge < -0.3 is 15.5 Å². The van der Waals surface area contributed by atoms with Gasteiger partial charge in [0.15, 0.2) is 5.96 Å². The SMILES string of the molecule is CN=C(NCC1CCN(C)CC1)NCC1(c2cccc(C(F)(F)F)c2)CCC1.I. The molecule has 1 aromatic carbocycles. The molecule has 0 aromatic heterocycles. The van der Waals surface area contributed by atoms with Crippen molar-refractivity contribution in [2.45, 2.75) is 43.7 Å². The fourth-order valence-electron chi connectivity index (χ4n) is 4.18. The minimum Gasteiger partial charge on any atom is -0.356 e. The van der Waals surface area contributed by atoms with Crippen molar-refractivity contribution < 1.29 is 13.2 Å². The summed E-state index contributed by atoms with van der Waals surface area (Å²) in [6.07, 6.45) is 0.878. The molecule has 2 aliphatic rings. The molecular formula is C21H32F3IN4. The van der Waals surface area contributed by atoms with Crippen LogP contribution in [0, 0.1) is 5.92 Å². The molecule has 8 heteroatoms. The van der Waals surface area contributed by atoms with Crippen molar-refractivity contribution in [3.8, 4) is 0 Å². The quantitative estimate of drug-likeness (QED) is 0.344. The zero-order valence-electron chi connectivity index (χ0n) is 17.2. The third-order valence-electron chi connectivity index (χ3n) is 6.33. The first-order valence-electron chi connectivity index (χ1n) is 10.1. The zero-order chi connectivity index (χ0) is 20.2. The largest absolute Gasteiger partial charge is 0.416 e. The van der Waals surface area contributed by atoms with E-state index in [9.17, 15) is 13.2 Å². The number of guanidine groups is 1. The molecule has 2 fully saturated rings. The number of piperidine rings is 1. The van der Waals surface area contributed by atoms with Gasteiger partial charge in [0.05, 0.1) is 5.56 Å². The van der Waals surface area contributed by atoms with Gasteiger partial charge in [0.1, 0.15) is 0 Å². The van der Waals surface area contributed by atoms with Crippen molar-refractivity contribution in [2.24, 2.45) is 10.9 Å². The highest BCUT2D eigenvalue weighted by Gasteiger charge is 2.40. The molecule has 4 nitrogen and oxygen atoms in total. The molecule has 1 saturated carbocycles. The van der Waals surface area contributed by atoms with Crippen LogP contribution < -0.4 is 10.6 Å². The van der Waals surface area contributed by atoms with Crippen molar-refractivity contribution in [3.63, 3.8) is 0 Å². The molecule has 0 amide bonds. The van der Waals surface area contributed by atoms with Crippen LogP contribution in [0.1, 0.15) is 43.2 Å². The molecule has 1 aliphatic heterocycles. The van der Waals surface area contributed by atoms with E-state index in [2.05, 4.69) is 27.6 Å². The molecule has 1 aromatic rings. The molecular weight excluding hydrogens is 492 g/mol. The van der Waals surface area contributed by atoms with Crippen LogP contribution in [-0.2, 0) is 11.6 Å². The van der Waals surface area contributed by atoms with E-state index in [1.165, 1.54) is 25.0 Å². The van der Waals surface area contributed by atoms with E-state index in [0.29, 0.717) is 12.5 Å². The second kappa shape index (κ2) is 10.3. The minimum atomic E-state index is -4.31. The van der Waals surface area contributed by atoms with Crippen molar-refractivity contribution in [2.75, 3.05) is 40.3 Å². The Labute approximate surface area is 188 Å². The Hall–Kier alpha value is -1.03. The highest BCUT2D eigenvalue weighted by Crippen LogP contribution is 2.44. The Morgan fingerprint density at radius 3 is 2.45 bits per heavy atom. The van der Waals surface area contributed by atoms with E-state index in [-0.39, 0.29) is 29.4 Å². The number of rotatable bonds is 5. The van der Waals surface area contributed by atoms with Crippen molar-refractivity contribution >= 4 is 29.9 Å². The van der Waals surface area contributed by atoms with Gasteiger partial charge in [-0.15, -0.1) is 24.0 Å². The first-order chi connectivity index (χ1) is 13.3. The Morgan fingerprint density at radius 2 is 1.90 bits per heavy atom. The van der Waals surface area contributed by atoms with Crippen molar-refractivity contribution in [3.05, 3.63) is 35.4 Å². The molecule has 1 aliphatic carbocycles. The summed E-state index contributed by atoms with van der Waals surface area (Å²) >= 11 is 0. The van der Waals surface area contributed by atoms with E-state index in [1.54, 1.807) is 7.05 Å². The first kappa shape index (κ1) is 24.2. The summed E-state index contributed by atoms with van der Waals surface area (Å²) in [6, 6.07) is 5.80. The molecule has 2 N–H and O–H groups in total. The average molecular weight is 524 g/mol. The maximum absolute atomic E-state index is 13.1. The van der Waals surface area contributed by atoms with E-state index < -0.39 is 11.7 Å². The molecule has 0 atom stereocenters. The Balaban J connectivity index is 0.00000300. The second-order valence-electron chi connectivity index (χ2n) is 8.27. The highest BCUT2D eigenvalue weighted by atomic mass is 127. The van der Waals surface area contributed by atoms with E-state index >= 15 is 0 Å². The summed E-state index contributed by atoms with van der Waals surface area (Å²) < 4.78 is 39.3. The predicted octanol–water partition coefficient (Wildman–Crippen LogP) is 4.25. The predicted molar refractivity (Wildman–Crippen MR) is 122 cm³/mol. The molecule has 3 rings (SSSR count). The van der Waals surface area contributed by atoms with Crippen LogP contribution in [0.15, 0.2) is 29.3 Å². The normalized spacial score (nSPS) is 20.5. The zero-order valence-corrected chi connectivity index (χ0v) is 19.5. The fourth-order valence-corrected chi connectivity index (χ4v) is 4.18. The smallest absolute Gasteiger partial charge is 0.356 e. The van der Waals surface area contributed by atoms with Crippen molar-refractivity contribution in [1.82, 2.24) is 15.5 Å². The van der Waals surface area contributed by atoms with Gasteiger partial charge in [0, 0.05) is 25.6 Å². The molecule has 0 bridgehead atoms. The molecule has 1 heterocycles. The lowest BCUT2D eigenvalue weighted by Gasteiger charge is -2.43. The number of likely N-dealkylation sites (tertiary alicyclic amines) is 1. The van der Waals surface area contributed by atoms with Crippen LogP contribution in [0.5, 0.6) is 0 Å². The van der Waals surface area contributed by atoms with Gasteiger partial charge in [-0.3, -0.25) is 4.99 Å². The number of benzene rings is 1. The van der Waals surface area contributed by atoms with E-state index in [1.807, 2.05) is 6.07 Å². The summed E-state index contributed by atoms with van der Waals surface area (Å²) in [5.74, 6) is 1.37. The maximum Gasteiger partial charge on any atom is 0.416 e. The number of nitrogens with zero attached hydrogens (tertiary/aromatic N) is 2. The third kappa shape index (κ3) is 6.23. The first-order valence-corrected chi connectivity index (χ1v) is 10.1. The van der Waals surface area contributed by atoms with Crippen molar-refractivity contribution in [1.29, 1.82) is 0 Å². The Kier molecular flexibility index (Phi) is 8.63. The molecule has 164 valence electrons. The lowest BCUT2D eigenvalue weighted by atomic mass is 9.64. The third-order valence-corrected chi connectivity index (χ3v) is 6.33. The number of nitrogens with one attached hydrogen (secondary N) is 2. The molecule has 0 spiro atoms. The number of aliphatic imine (C=N–C) groups is 1. The minimum absolute atomic E-state index is 0. The number of alkyl halides is 3. The lowest BCUT2D eigenvalue weighted by Crippen LogP contribution is -2.50. The summed E-state index contributed by atoms with van der Waals surface area (Å²) in [6.45, 7) is 3.72. The summed E-state index contributed by atoms with van der Waals surface area (Å²) in [4.78, 5) is 6.65. The van der Waals surface area contributed by atoms with Gasteiger partial charge in [-0.1, -0.05) is 24.6 Å². The van der Waals surface area contributed by atoms with Gasteiger partial charge in [-0.25, -0.2) is 0 Å². The van der Waals surface area contributed by atoms with Crippen LogP contribution in [0.3, 0.4) is 0 Å². The molecule has 1 saturated heterocycles. The Morgan fingerprint density at radius 1 is 1.21 bits per heavy atom. The molecule has 0 unspecified atom stereocenters. The maximum atomic E-state index is 13.1. The number of hydrogen-bond donors (Lipinski definition) is 2. The monoisotopic (exact) mass is 524 g/mol. The van der Waals surface area contributed by atoms with Crippen LogP contribution in [-0.4, -0.2) is 51.1 Å². The van der Waals surface area contributed by atoms with Gasteiger partial charge >= 0.3 is 6.18 Å². The standard InChI is InChI=1S/C21H31F3N4.HI/c1-25-19(26-14-16-7-11-28(2)12-8-16)27-15-20(9-4-10-20)17-5-3-6-18(13-17)21(22,23)24;/h3,5-6,13,16H,4,7-12,14-15H2,1-2H3,(H2,25,26,27);1H.